The van der Waals surface area contributed by atoms with E-state index in [9.17, 15) is 18.3 Å². The van der Waals surface area contributed by atoms with Gasteiger partial charge in [-0.15, -0.1) is 0 Å². The second-order valence-electron chi connectivity index (χ2n) is 8.77. The molecule has 1 aromatic carbocycles. The van der Waals surface area contributed by atoms with Crippen molar-refractivity contribution in [3.63, 3.8) is 0 Å². The maximum atomic E-state index is 13.3. The predicted molar refractivity (Wildman–Crippen MR) is 125 cm³/mol. The summed E-state index contributed by atoms with van der Waals surface area (Å²) in [7, 11) is -3.61. The first-order valence-electron chi connectivity index (χ1n) is 11.1. The summed E-state index contributed by atoms with van der Waals surface area (Å²) < 4.78 is 35.6. The molecule has 3 heterocycles. The third-order valence-corrected chi connectivity index (χ3v) is 8.11. The number of pyridine rings is 1. The standard InChI is InChI=1S/C24H29N3O5S/c1-16(2)32-19-4-5-23(17(3)12-19)33(30,31)27-10-7-18(8-11-27)21-14-26(15-24(28)29)22-13-25-9-6-20(21)22/h4-6,9,12-14,16,18H,7-8,10-11,15H2,1-3H3,(H,28,29). The SMILES string of the molecule is Cc1cc(OC(C)C)ccc1S(=O)(=O)N1CCC(c2cn(CC(=O)O)c3cnccc23)CC1. The van der Waals surface area contributed by atoms with Crippen LogP contribution in [-0.2, 0) is 21.4 Å². The number of rotatable bonds is 7. The van der Waals surface area contributed by atoms with Gasteiger partial charge in [-0.2, -0.15) is 4.31 Å². The van der Waals surface area contributed by atoms with E-state index in [1.165, 1.54) is 0 Å². The Balaban J connectivity index is 1.53. The number of aliphatic carboxylic acids is 1. The molecule has 1 aliphatic rings. The molecule has 0 aliphatic carbocycles. The zero-order valence-corrected chi connectivity index (χ0v) is 19.9. The van der Waals surface area contributed by atoms with Gasteiger partial charge < -0.3 is 14.4 Å². The molecule has 1 saturated heterocycles. The van der Waals surface area contributed by atoms with Crippen molar-refractivity contribution in [3.05, 3.63) is 54.0 Å². The molecule has 1 fully saturated rings. The summed E-state index contributed by atoms with van der Waals surface area (Å²) in [5, 5.41) is 10.2. The van der Waals surface area contributed by atoms with Gasteiger partial charge in [-0.3, -0.25) is 9.78 Å². The van der Waals surface area contributed by atoms with Crippen LogP contribution in [0.15, 0.2) is 47.8 Å². The van der Waals surface area contributed by atoms with Crippen LogP contribution in [-0.4, -0.2) is 52.5 Å². The molecule has 2 aromatic heterocycles. The fraction of sp³-hybridized carbons (Fsp3) is 0.417. The number of benzene rings is 1. The summed E-state index contributed by atoms with van der Waals surface area (Å²) in [5.41, 5.74) is 2.50. The summed E-state index contributed by atoms with van der Waals surface area (Å²) in [5.74, 6) is -0.102. The number of aryl methyl sites for hydroxylation is 1. The Hall–Kier alpha value is -2.91. The van der Waals surface area contributed by atoms with Gasteiger partial charge in [-0.25, -0.2) is 8.42 Å². The fourth-order valence-electron chi connectivity index (χ4n) is 4.57. The summed E-state index contributed by atoms with van der Waals surface area (Å²) >= 11 is 0. The monoisotopic (exact) mass is 471 g/mol. The number of carbonyl (C=O) groups is 1. The molecule has 0 radical (unpaired) electrons. The first-order chi connectivity index (χ1) is 15.7. The number of carboxylic acid groups (broad SMARTS) is 1. The minimum absolute atomic E-state index is 0.0168. The maximum Gasteiger partial charge on any atom is 0.323 e. The molecule has 1 N–H and O–H groups in total. The van der Waals surface area contributed by atoms with Crippen LogP contribution in [0.1, 0.15) is 43.7 Å². The second kappa shape index (κ2) is 9.15. The molecule has 0 atom stereocenters. The van der Waals surface area contributed by atoms with E-state index in [0.29, 0.717) is 42.1 Å². The molecule has 9 heteroatoms. The second-order valence-corrected chi connectivity index (χ2v) is 10.7. The van der Waals surface area contributed by atoms with E-state index in [4.69, 9.17) is 4.74 Å². The number of nitrogens with zero attached hydrogens (tertiary/aromatic N) is 3. The van der Waals surface area contributed by atoms with Crippen LogP contribution in [0.25, 0.3) is 10.9 Å². The van der Waals surface area contributed by atoms with Crippen molar-refractivity contribution in [2.45, 2.75) is 57.1 Å². The van der Waals surface area contributed by atoms with E-state index in [1.54, 1.807) is 46.4 Å². The predicted octanol–water partition coefficient (Wildman–Crippen LogP) is 3.78. The quantitative estimate of drug-likeness (QED) is 0.563. The molecule has 0 bridgehead atoms. The van der Waals surface area contributed by atoms with E-state index < -0.39 is 16.0 Å². The molecule has 8 nitrogen and oxygen atoms in total. The highest BCUT2D eigenvalue weighted by Crippen LogP contribution is 2.36. The lowest BCUT2D eigenvalue weighted by Crippen LogP contribution is -2.38. The zero-order chi connectivity index (χ0) is 23.8. The van der Waals surface area contributed by atoms with Gasteiger partial charge in [0.2, 0.25) is 10.0 Å². The highest BCUT2D eigenvalue weighted by Gasteiger charge is 2.32. The number of carboxylic acids is 1. The lowest BCUT2D eigenvalue weighted by atomic mass is 9.90. The highest BCUT2D eigenvalue weighted by atomic mass is 32.2. The maximum absolute atomic E-state index is 13.3. The molecule has 1 aliphatic heterocycles. The molecule has 0 spiro atoms. The first-order valence-corrected chi connectivity index (χ1v) is 12.5. The van der Waals surface area contributed by atoms with Crippen LogP contribution in [0.4, 0.5) is 0 Å². The van der Waals surface area contributed by atoms with Gasteiger partial charge in [0.25, 0.3) is 0 Å². The zero-order valence-electron chi connectivity index (χ0n) is 19.1. The average Bonchev–Trinajstić information content (AvgIpc) is 3.11. The summed E-state index contributed by atoms with van der Waals surface area (Å²) in [4.78, 5) is 15.7. The largest absolute Gasteiger partial charge is 0.491 e. The Bertz CT molecular complexity index is 1270. The number of sulfonamides is 1. The van der Waals surface area contributed by atoms with Crippen molar-refractivity contribution in [2.24, 2.45) is 0 Å². The Kier molecular flexibility index (Phi) is 6.45. The fourth-order valence-corrected chi connectivity index (χ4v) is 6.25. The Morgan fingerprint density at radius 3 is 2.61 bits per heavy atom. The van der Waals surface area contributed by atoms with E-state index in [1.807, 2.05) is 26.1 Å². The number of hydrogen-bond acceptors (Lipinski definition) is 5. The van der Waals surface area contributed by atoms with Crippen molar-refractivity contribution in [2.75, 3.05) is 13.1 Å². The molecule has 0 unspecified atom stereocenters. The van der Waals surface area contributed by atoms with Crippen molar-refractivity contribution in [1.29, 1.82) is 0 Å². The summed E-state index contributed by atoms with van der Waals surface area (Å²) in [6, 6.07) is 7.00. The van der Waals surface area contributed by atoms with Crippen LogP contribution >= 0.6 is 0 Å². The number of piperidine rings is 1. The lowest BCUT2D eigenvalue weighted by molar-refractivity contribution is -0.137. The molecule has 0 amide bonds. The summed E-state index contributed by atoms with van der Waals surface area (Å²) in [6.45, 7) is 6.34. The number of fused-ring (bicyclic) bond motifs is 1. The summed E-state index contributed by atoms with van der Waals surface area (Å²) in [6.07, 6.45) is 6.61. The van der Waals surface area contributed by atoms with Crippen LogP contribution in [0.3, 0.4) is 0 Å². The topological polar surface area (TPSA) is 102 Å². The minimum Gasteiger partial charge on any atom is -0.491 e. The van der Waals surface area contributed by atoms with Gasteiger partial charge in [0.15, 0.2) is 0 Å². The Morgan fingerprint density at radius 1 is 1.24 bits per heavy atom. The normalized spacial score (nSPS) is 15.9. The lowest BCUT2D eigenvalue weighted by Gasteiger charge is -2.31. The molecule has 176 valence electrons. The van der Waals surface area contributed by atoms with Gasteiger partial charge in [0.05, 0.1) is 22.7 Å². The van der Waals surface area contributed by atoms with E-state index in [0.717, 1.165) is 16.5 Å². The van der Waals surface area contributed by atoms with Gasteiger partial charge in [-0.05, 0) is 74.9 Å². The molecule has 4 rings (SSSR count). The molecule has 3 aromatic rings. The van der Waals surface area contributed by atoms with Crippen molar-refractivity contribution in [1.82, 2.24) is 13.9 Å². The van der Waals surface area contributed by atoms with E-state index in [2.05, 4.69) is 4.98 Å². The van der Waals surface area contributed by atoms with Gasteiger partial charge >= 0.3 is 5.97 Å². The van der Waals surface area contributed by atoms with Gasteiger partial charge in [-0.1, -0.05) is 0 Å². The van der Waals surface area contributed by atoms with Crippen molar-refractivity contribution < 1.29 is 23.1 Å². The molecule has 0 saturated carbocycles. The molecular formula is C24H29N3O5S. The van der Waals surface area contributed by atoms with Gasteiger partial charge in [0, 0.05) is 30.9 Å². The van der Waals surface area contributed by atoms with Gasteiger partial charge in [0.1, 0.15) is 12.3 Å². The number of ether oxygens (including phenoxy) is 1. The van der Waals surface area contributed by atoms with Crippen LogP contribution in [0.2, 0.25) is 0 Å². The Morgan fingerprint density at radius 2 is 1.97 bits per heavy atom. The van der Waals surface area contributed by atoms with Crippen molar-refractivity contribution in [3.8, 4) is 5.75 Å². The molecular weight excluding hydrogens is 442 g/mol. The Labute approximate surface area is 193 Å². The van der Waals surface area contributed by atoms with Crippen molar-refractivity contribution >= 4 is 26.9 Å². The smallest absolute Gasteiger partial charge is 0.323 e. The average molecular weight is 472 g/mol. The number of hydrogen-bond donors (Lipinski definition) is 1. The molecule has 33 heavy (non-hydrogen) atoms. The first kappa shape index (κ1) is 23.3. The van der Waals surface area contributed by atoms with Crippen LogP contribution < -0.4 is 4.74 Å². The van der Waals surface area contributed by atoms with Crippen LogP contribution in [0.5, 0.6) is 5.75 Å². The highest BCUT2D eigenvalue weighted by molar-refractivity contribution is 7.89. The third-order valence-electron chi connectivity index (χ3n) is 6.05. The van der Waals surface area contributed by atoms with E-state index in [-0.39, 0.29) is 18.6 Å². The van der Waals surface area contributed by atoms with E-state index >= 15 is 0 Å². The minimum atomic E-state index is -3.61. The third kappa shape index (κ3) is 4.74. The number of aromatic nitrogens is 2. The van der Waals surface area contributed by atoms with Crippen LogP contribution in [0, 0.1) is 6.92 Å².